The quantitative estimate of drug-likeness (QED) is 0.662. The van der Waals surface area contributed by atoms with Crippen LogP contribution in [0.4, 0.5) is 0 Å². The Labute approximate surface area is 177 Å². The van der Waals surface area contributed by atoms with Gasteiger partial charge in [0.25, 0.3) is 5.91 Å². The Morgan fingerprint density at radius 1 is 1.00 bits per heavy atom. The third-order valence-electron chi connectivity index (χ3n) is 7.07. The first-order chi connectivity index (χ1) is 14.3. The van der Waals surface area contributed by atoms with Gasteiger partial charge in [-0.25, -0.2) is 4.79 Å². The summed E-state index contributed by atoms with van der Waals surface area (Å²) in [5, 5.41) is 2.58. The van der Waals surface area contributed by atoms with Crippen LogP contribution in [0.25, 0.3) is 0 Å². The number of ether oxygens (including phenoxy) is 2. The molecule has 4 aliphatic carbocycles. The normalized spacial score (nSPS) is 30.9. The number of carbonyl (C=O) groups is 3. The molecule has 0 aliphatic heterocycles. The molecule has 0 heterocycles. The number of hydrogen-bond donors (Lipinski definition) is 1. The highest BCUT2D eigenvalue weighted by molar-refractivity contribution is 5.92. The van der Waals surface area contributed by atoms with E-state index in [4.69, 9.17) is 9.47 Å². The lowest BCUT2D eigenvalue weighted by atomic mass is 9.48. The summed E-state index contributed by atoms with van der Waals surface area (Å²) in [6, 6.07) is 8.15. The van der Waals surface area contributed by atoms with Crippen LogP contribution in [0.3, 0.4) is 0 Å². The van der Waals surface area contributed by atoms with Gasteiger partial charge in [0.1, 0.15) is 11.8 Å². The molecule has 6 nitrogen and oxygen atoms in total. The first kappa shape index (κ1) is 20.9. The molecule has 0 radical (unpaired) electrons. The second kappa shape index (κ2) is 8.40. The molecule has 0 unspecified atom stereocenters. The number of benzene rings is 1. The fraction of sp³-hybridized carbons (Fsp3) is 0.625. The van der Waals surface area contributed by atoms with Crippen LogP contribution in [0.5, 0.6) is 5.75 Å². The number of para-hydroxylation sites is 1. The van der Waals surface area contributed by atoms with Crippen molar-refractivity contribution in [1.29, 1.82) is 0 Å². The molecular formula is C24H31NO5. The number of amides is 1. The van der Waals surface area contributed by atoms with Crippen molar-refractivity contribution in [1.82, 2.24) is 5.32 Å². The summed E-state index contributed by atoms with van der Waals surface area (Å²) in [6.07, 6.45) is 5.83. The molecule has 162 valence electrons. The van der Waals surface area contributed by atoms with E-state index in [0.717, 1.165) is 19.3 Å². The number of hydrogen-bond acceptors (Lipinski definition) is 5. The van der Waals surface area contributed by atoms with E-state index in [1.54, 1.807) is 26.0 Å². The molecular weight excluding hydrogens is 382 g/mol. The van der Waals surface area contributed by atoms with E-state index in [1.165, 1.54) is 19.3 Å². The number of rotatable bonds is 8. The topological polar surface area (TPSA) is 81.7 Å². The molecule has 2 atom stereocenters. The predicted molar refractivity (Wildman–Crippen MR) is 111 cm³/mol. The Balaban J connectivity index is 1.26. The highest BCUT2D eigenvalue weighted by Gasteiger charge is 2.55. The van der Waals surface area contributed by atoms with Crippen molar-refractivity contribution in [3.05, 3.63) is 30.3 Å². The summed E-state index contributed by atoms with van der Waals surface area (Å²) >= 11 is 0. The van der Waals surface area contributed by atoms with Gasteiger partial charge in [0, 0.05) is 5.41 Å². The fourth-order valence-corrected chi connectivity index (χ4v) is 6.18. The largest absolute Gasteiger partial charge is 0.484 e. The van der Waals surface area contributed by atoms with Gasteiger partial charge >= 0.3 is 5.97 Å². The molecule has 1 N–H and O–H groups in total. The average Bonchev–Trinajstić information content (AvgIpc) is 2.71. The summed E-state index contributed by atoms with van der Waals surface area (Å²) in [4.78, 5) is 37.8. The molecule has 1 amide bonds. The van der Waals surface area contributed by atoms with Crippen molar-refractivity contribution < 1.29 is 23.9 Å². The van der Waals surface area contributed by atoms with Gasteiger partial charge in [-0.05, 0) is 82.3 Å². The minimum absolute atomic E-state index is 0.0703. The SMILES string of the molecule is C[C@H](NC(=O)COc1ccccc1)C(=O)O[C@@H](C)C(=O)C12CC3CC(CC(C3)C1)C2. The zero-order valence-corrected chi connectivity index (χ0v) is 17.8. The summed E-state index contributed by atoms with van der Waals surface area (Å²) < 4.78 is 10.9. The van der Waals surface area contributed by atoms with E-state index < -0.39 is 24.0 Å². The molecule has 5 rings (SSSR count). The van der Waals surface area contributed by atoms with Crippen molar-refractivity contribution in [2.24, 2.45) is 23.2 Å². The van der Waals surface area contributed by atoms with Crippen molar-refractivity contribution in [2.75, 3.05) is 6.61 Å². The third-order valence-corrected chi connectivity index (χ3v) is 7.07. The highest BCUT2D eigenvalue weighted by atomic mass is 16.5. The Morgan fingerprint density at radius 2 is 1.57 bits per heavy atom. The molecule has 4 saturated carbocycles. The van der Waals surface area contributed by atoms with Crippen LogP contribution in [0.15, 0.2) is 30.3 Å². The van der Waals surface area contributed by atoms with E-state index >= 15 is 0 Å². The molecule has 0 saturated heterocycles. The minimum Gasteiger partial charge on any atom is -0.484 e. The van der Waals surface area contributed by atoms with Crippen LogP contribution in [-0.4, -0.2) is 36.4 Å². The van der Waals surface area contributed by atoms with Gasteiger partial charge in [-0.2, -0.15) is 0 Å². The molecule has 6 heteroatoms. The standard InChI is InChI=1S/C24H31NO5/c1-15(25-21(26)14-29-20-6-4-3-5-7-20)23(28)30-16(2)22(27)24-11-17-8-18(12-24)10-19(9-17)13-24/h3-7,15-19H,8-14H2,1-2H3,(H,25,26)/t15-,16-,17?,18?,19?,24?/m0/s1. The molecule has 4 bridgehead atoms. The second-order valence-electron chi connectivity index (χ2n) is 9.53. The predicted octanol–water partition coefficient (Wildman–Crippen LogP) is 3.29. The third kappa shape index (κ3) is 4.37. The number of esters is 1. The Hall–Kier alpha value is -2.37. The minimum atomic E-state index is -0.844. The molecule has 0 spiro atoms. The summed E-state index contributed by atoms with van der Waals surface area (Å²) in [7, 11) is 0. The smallest absolute Gasteiger partial charge is 0.329 e. The molecule has 0 aromatic heterocycles. The summed E-state index contributed by atoms with van der Waals surface area (Å²) in [5.74, 6) is 1.62. The number of nitrogens with one attached hydrogen (secondary N) is 1. The maximum atomic E-state index is 13.3. The Bertz CT molecular complexity index is 770. The molecule has 4 fully saturated rings. The van der Waals surface area contributed by atoms with E-state index in [1.807, 2.05) is 18.2 Å². The Morgan fingerprint density at radius 3 is 2.13 bits per heavy atom. The van der Waals surface area contributed by atoms with Crippen molar-refractivity contribution >= 4 is 17.7 Å². The van der Waals surface area contributed by atoms with Crippen LogP contribution in [-0.2, 0) is 19.1 Å². The van der Waals surface area contributed by atoms with E-state index in [0.29, 0.717) is 23.5 Å². The van der Waals surface area contributed by atoms with Gasteiger partial charge in [-0.15, -0.1) is 0 Å². The molecule has 4 aliphatic rings. The first-order valence-corrected chi connectivity index (χ1v) is 11.1. The average molecular weight is 414 g/mol. The van der Waals surface area contributed by atoms with E-state index in [9.17, 15) is 14.4 Å². The van der Waals surface area contributed by atoms with Gasteiger partial charge in [0.15, 0.2) is 18.5 Å². The highest BCUT2D eigenvalue weighted by Crippen LogP contribution is 2.60. The number of Topliss-reactive ketones (excluding diaryl/α,β-unsaturated/α-hetero) is 1. The second-order valence-corrected chi connectivity index (χ2v) is 9.53. The van der Waals surface area contributed by atoms with Crippen LogP contribution in [0.1, 0.15) is 52.4 Å². The maximum absolute atomic E-state index is 13.3. The number of carbonyl (C=O) groups excluding carboxylic acids is 3. The molecule has 1 aromatic rings. The number of ketones is 1. The van der Waals surface area contributed by atoms with Gasteiger partial charge in [0.2, 0.25) is 0 Å². The van der Waals surface area contributed by atoms with Crippen molar-refractivity contribution in [3.8, 4) is 5.75 Å². The van der Waals surface area contributed by atoms with Crippen LogP contribution >= 0.6 is 0 Å². The monoisotopic (exact) mass is 413 g/mol. The van der Waals surface area contributed by atoms with Gasteiger partial charge in [-0.1, -0.05) is 18.2 Å². The van der Waals surface area contributed by atoms with Crippen LogP contribution in [0.2, 0.25) is 0 Å². The maximum Gasteiger partial charge on any atom is 0.329 e. The molecule has 30 heavy (non-hydrogen) atoms. The van der Waals surface area contributed by atoms with E-state index in [2.05, 4.69) is 5.32 Å². The fourth-order valence-electron chi connectivity index (χ4n) is 6.18. The lowest BCUT2D eigenvalue weighted by molar-refractivity contribution is -0.166. The van der Waals surface area contributed by atoms with Gasteiger partial charge in [0.05, 0.1) is 0 Å². The van der Waals surface area contributed by atoms with Gasteiger partial charge < -0.3 is 14.8 Å². The van der Waals surface area contributed by atoms with E-state index in [-0.39, 0.29) is 17.8 Å². The van der Waals surface area contributed by atoms with Crippen molar-refractivity contribution in [3.63, 3.8) is 0 Å². The summed E-state index contributed by atoms with van der Waals surface area (Å²) in [6.45, 7) is 3.04. The van der Waals surface area contributed by atoms with Crippen LogP contribution < -0.4 is 10.1 Å². The molecule has 1 aromatic carbocycles. The lowest BCUT2D eigenvalue weighted by Crippen LogP contribution is -2.53. The van der Waals surface area contributed by atoms with Gasteiger partial charge in [-0.3, -0.25) is 9.59 Å². The lowest BCUT2D eigenvalue weighted by Gasteiger charge is -2.56. The Kier molecular flexibility index (Phi) is 5.85. The summed E-state index contributed by atoms with van der Waals surface area (Å²) in [5.41, 5.74) is -0.301. The van der Waals surface area contributed by atoms with Crippen molar-refractivity contribution in [2.45, 2.75) is 64.5 Å². The van der Waals surface area contributed by atoms with Crippen LogP contribution in [0, 0.1) is 23.2 Å². The zero-order chi connectivity index (χ0) is 21.3. The first-order valence-electron chi connectivity index (χ1n) is 11.1. The zero-order valence-electron chi connectivity index (χ0n) is 17.8.